The monoisotopic (exact) mass is 255 g/mol. The molecule has 6 heteroatoms. The largest absolute Gasteiger partial charge is 0.370 e. The van der Waals surface area contributed by atoms with Gasteiger partial charge in [-0.05, 0) is 31.7 Å². The van der Waals surface area contributed by atoms with Crippen molar-refractivity contribution in [1.82, 2.24) is 9.71 Å². The molecule has 1 aromatic rings. The van der Waals surface area contributed by atoms with Gasteiger partial charge in [0.05, 0.1) is 4.90 Å². The summed E-state index contributed by atoms with van der Waals surface area (Å²) in [5.74, 6) is 1.11. The molecule has 0 radical (unpaired) electrons. The summed E-state index contributed by atoms with van der Waals surface area (Å²) in [7, 11) is -3.39. The van der Waals surface area contributed by atoms with Crippen molar-refractivity contribution in [2.45, 2.75) is 24.7 Å². The van der Waals surface area contributed by atoms with E-state index in [1.165, 1.54) is 12.3 Å². The zero-order valence-corrected chi connectivity index (χ0v) is 10.6. The fourth-order valence-electron chi connectivity index (χ4n) is 1.49. The van der Waals surface area contributed by atoms with E-state index in [0.717, 1.165) is 12.8 Å². The van der Waals surface area contributed by atoms with Gasteiger partial charge in [0.1, 0.15) is 5.82 Å². The molecule has 0 aliphatic heterocycles. The van der Waals surface area contributed by atoms with E-state index in [0.29, 0.717) is 24.8 Å². The van der Waals surface area contributed by atoms with Gasteiger partial charge < -0.3 is 5.32 Å². The Morgan fingerprint density at radius 3 is 2.88 bits per heavy atom. The van der Waals surface area contributed by atoms with E-state index in [-0.39, 0.29) is 4.90 Å². The fourth-order valence-corrected chi connectivity index (χ4v) is 2.62. The molecule has 1 aliphatic rings. The molecule has 0 unspecified atom stereocenters. The van der Waals surface area contributed by atoms with Crippen molar-refractivity contribution in [3.8, 4) is 0 Å². The quantitative estimate of drug-likeness (QED) is 0.801. The van der Waals surface area contributed by atoms with E-state index in [1.54, 1.807) is 6.07 Å². The normalized spacial score (nSPS) is 15.8. The second-order valence-electron chi connectivity index (χ2n) is 4.20. The van der Waals surface area contributed by atoms with Gasteiger partial charge >= 0.3 is 0 Å². The lowest BCUT2D eigenvalue weighted by atomic mass is 10.4. The van der Waals surface area contributed by atoms with Crippen LogP contribution in [0, 0.1) is 5.92 Å². The van der Waals surface area contributed by atoms with Gasteiger partial charge in [-0.15, -0.1) is 0 Å². The minimum absolute atomic E-state index is 0.268. The van der Waals surface area contributed by atoms with Crippen LogP contribution in [0.2, 0.25) is 0 Å². The molecule has 0 saturated heterocycles. The summed E-state index contributed by atoms with van der Waals surface area (Å²) in [5, 5.41) is 2.99. The van der Waals surface area contributed by atoms with Crippen molar-refractivity contribution in [3.05, 3.63) is 18.3 Å². The van der Waals surface area contributed by atoms with Crippen LogP contribution >= 0.6 is 0 Å². The Morgan fingerprint density at radius 1 is 1.47 bits per heavy atom. The summed E-state index contributed by atoms with van der Waals surface area (Å²) >= 11 is 0. The first-order valence-electron chi connectivity index (χ1n) is 5.81. The smallest absolute Gasteiger partial charge is 0.240 e. The summed E-state index contributed by atoms with van der Waals surface area (Å²) in [4.78, 5) is 4.31. The van der Waals surface area contributed by atoms with E-state index >= 15 is 0 Å². The molecule has 5 nitrogen and oxygen atoms in total. The van der Waals surface area contributed by atoms with Gasteiger partial charge in [-0.2, -0.15) is 0 Å². The third kappa shape index (κ3) is 3.41. The molecule has 1 heterocycles. The SMILES string of the molecule is CCNc1cc(S(=O)(=O)NCC2CC2)ccn1. The highest BCUT2D eigenvalue weighted by Gasteiger charge is 2.24. The van der Waals surface area contributed by atoms with Crippen LogP contribution in [-0.4, -0.2) is 26.5 Å². The summed E-state index contributed by atoms with van der Waals surface area (Å²) in [5.41, 5.74) is 0. The van der Waals surface area contributed by atoms with Crippen LogP contribution in [0.1, 0.15) is 19.8 Å². The number of hydrogen-bond acceptors (Lipinski definition) is 4. The van der Waals surface area contributed by atoms with Gasteiger partial charge in [0.2, 0.25) is 10.0 Å². The Morgan fingerprint density at radius 2 is 2.24 bits per heavy atom. The van der Waals surface area contributed by atoms with E-state index in [9.17, 15) is 8.42 Å². The lowest BCUT2D eigenvalue weighted by molar-refractivity contribution is 0.577. The maximum absolute atomic E-state index is 12.0. The van der Waals surface area contributed by atoms with Crippen molar-refractivity contribution >= 4 is 15.8 Å². The third-order valence-electron chi connectivity index (χ3n) is 2.66. The van der Waals surface area contributed by atoms with Crippen LogP contribution in [0.3, 0.4) is 0 Å². The molecule has 0 aromatic carbocycles. The predicted molar refractivity (Wildman–Crippen MR) is 66.3 cm³/mol. The molecule has 94 valence electrons. The van der Waals surface area contributed by atoms with Crippen LogP contribution < -0.4 is 10.0 Å². The Bertz CT molecular complexity index is 483. The van der Waals surface area contributed by atoms with Gasteiger partial charge in [0, 0.05) is 25.4 Å². The molecule has 0 amide bonds. The first-order valence-corrected chi connectivity index (χ1v) is 7.29. The van der Waals surface area contributed by atoms with Crippen LogP contribution in [0.15, 0.2) is 23.2 Å². The van der Waals surface area contributed by atoms with E-state index in [1.807, 2.05) is 6.92 Å². The van der Waals surface area contributed by atoms with E-state index in [2.05, 4.69) is 15.0 Å². The molecule has 1 aromatic heterocycles. The Kier molecular flexibility index (Phi) is 3.63. The molecule has 17 heavy (non-hydrogen) atoms. The maximum Gasteiger partial charge on any atom is 0.240 e. The van der Waals surface area contributed by atoms with E-state index < -0.39 is 10.0 Å². The fraction of sp³-hybridized carbons (Fsp3) is 0.545. The highest BCUT2D eigenvalue weighted by Crippen LogP contribution is 2.28. The minimum Gasteiger partial charge on any atom is -0.370 e. The lowest BCUT2D eigenvalue weighted by Crippen LogP contribution is -2.26. The number of sulfonamides is 1. The number of anilines is 1. The molecular weight excluding hydrogens is 238 g/mol. The Hall–Kier alpha value is -1.14. The van der Waals surface area contributed by atoms with Crippen LogP contribution in [0.5, 0.6) is 0 Å². The van der Waals surface area contributed by atoms with Gasteiger partial charge in [0.25, 0.3) is 0 Å². The summed E-state index contributed by atoms with van der Waals surface area (Å²) in [6.45, 7) is 3.20. The zero-order valence-electron chi connectivity index (χ0n) is 9.81. The standard InChI is InChI=1S/C11H17N3O2S/c1-2-12-11-7-10(5-6-13-11)17(15,16)14-8-9-3-4-9/h5-7,9,14H,2-4,8H2,1H3,(H,12,13). The molecule has 1 fully saturated rings. The molecule has 1 aliphatic carbocycles. The maximum atomic E-state index is 12.0. The van der Waals surface area contributed by atoms with Crippen LogP contribution in [0.4, 0.5) is 5.82 Å². The topological polar surface area (TPSA) is 71.1 Å². The van der Waals surface area contributed by atoms with Crippen molar-refractivity contribution in [2.24, 2.45) is 5.92 Å². The van der Waals surface area contributed by atoms with Gasteiger partial charge in [-0.25, -0.2) is 18.1 Å². The number of hydrogen-bond donors (Lipinski definition) is 2. The molecule has 2 rings (SSSR count). The van der Waals surface area contributed by atoms with Crippen LogP contribution in [0.25, 0.3) is 0 Å². The Labute approximate surface area is 102 Å². The van der Waals surface area contributed by atoms with Crippen molar-refractivity contribution in [2.75, 3.05) is 18.4 Å². The van der Waals surface area contributed by atoms with Crippen LogP contribution in [-0.2, 0) is 10.0 Å². The Balaban J connectivity index is 2.10. The first-order chi connectivity index (χ1) is 8.12. The first kappa shape index (κ1) is 12.3. The number of nitrogens with zero attached hydrogens (tertiary/aromatic N) is 1. The average molecular weight is 255 g/mol. The average Bonchev–Trinajstić information content (AvgIpc) is 3.11. The summed E-state index contributed by atoms with van der Waals surface area (Å²) in [6, 6.07) is 3.06. The summed E-state index contributed by atoms with van der Waals surface area (Å²) < 4.78 is 26.5. The van der Waals surface area contributed by atoms with Gasteiger partial charge in [-0.1, -0.05) is 0 Å². The predicted octanol–water partition coefficient (Wildman–Crippen LogP) is 1.20. The van der Waals surface area contributed by atoms with Crippen molar-refractivity contribution < 1.29 is 8.42 Å². The molecule has 1 saturated carbocycles. The minimum atomic E-state index is -3.39. The molecule has 0 spiro atoms. The summed E-state index contributed by atoms with van der Waals surface area (Å²) in [6.07, 6.45) is 3.76. The second-order valence-corrected chi connectivity index (χ2v) is 5.97. The number of rotatable bonds is 6. The molecular formula is C11H17N3O2S. The highest BCUT2D eigenvalue weighted by atomic mass is 32.2. The number of nitrogens with one attached hydrogen (secondary N) is 2. The van der Waals surface area contributed by atoms with Gasteiger partial charge in [0.15, 0.2) is 0 Å². The molecule has 2 N–H and O–H groups in total. The number of aromatic nitrogens is 1. The second kappa shape index (κ2) is 5.01. The third-order valence-corrected chi connectivity index (χ3v) is 4.08. The number of pyridine rings is 1. The van der Waals surface area contributed by atoms with Crippen molar-refractivity contribution in [1.29, 1.82) is 0 Å². The molecule has 0 bridgehead atoms. The van der Waals surface area contributed by atoms with E-state index in [4.69, 9.17) is 0 Å². The highest BCUT2D eigenvalue weighted by molar-refractivity contribution is 7.89. The lowest BCUT2D eigenvalue weighted by Gasteiger charge is -2.07. The molecule has 0 atom stereocenters. The van der Waals surface area contributed by atoms with Crippen molar-refractivity contribution in [3.63, 3.8) is 0 Å². The zero-order chi connectivity index (χ0) is 12.3. The van der Waals surface area contributed by atoms with Gasteiger partial charge in [-0.3, -0.25) is 0 Å².